The first-order chi connectivity index (χ1) is 8.40. The van der Waals surface area contributed by atoms with E-state index in [9.17, 15) is 0 Å². The third-order valence-corrected chi connectivity index (χ3v) is 2.28. The number of aromatic amines is 1. The molecule has 17 heavy (non-hydrogen) atoms. The van der Waals surface area contributed by atoms with E-state index in [1.165, 1.54) is 0 Å². The molecule has 0 unspecified atom stereocenters. The number of hydrogen-bond acceptors (Lipinski definition) is 4. The van der Waals surface area contributed by atoms with Crippen molar-refractivity contribution >= 4 is 5.82 Å². The molecule has 5 heteroatoms. The Balaban J connectivity index is 1.89. The van der Waals surface area contributed by atoms with Gasteiger partial charge in [0.2, 0.25) is 0 Å². The molecule has 0 aliphatic rings. The minimum Gasteiger partial charge on any atom is -0.490 e. The number of ether oxygens (including phenoxy) is 1. The largest absolute Gasteiger partial charge is 0.490 e. The highest BCUT2D eigenvalue weighted by atomic mass is 16.5. The second-order valence-corrected chi connectivity index (χ2v) is 3.50. The summed E-state index contributed by atoms with van der Waals surface area (Å²) in [5.41, 5.74) is 0. The van der Waals surface area contributed by atoms with E-state index >= 15 is 0 Å². The average Bonchev–Trinajstić information content (AvgIpc) is 2.85. The Morgan fingerprint density at radius 2 is 2.29 bits per heavy atom. The van der Waals surface area contributed by atoms with Gasteiger partial charge in [-0.1, -0.05) is 0 Å². The van der Waals surface area contributed by atoms with Gasteiger partial charge in [-0.15, -0.1) is 0 Å². The van der Waals surface area contributed by atoms with Gasteiger partial charge in [0.15, 0.2) is 11.6 Å². The van der Waals surface area contributed by atoms with Crippen LogP contribution in [0.3, 0.4) is 0 Å². The maximum absolute atomic E-state index is 5.48. The normalized spacial score (nSPS) is 10.2. The lowest BCUT2D eigenvalue weighted by Crippen LogP contribution is -2.08. The first kappa shape index (κ1) is 11.4. The van der Waals surface area contributed by atoms with E-state index in [2.05, 4.69) is 20.3 Å². The van der Waals surface area contributed by atoms with Gasteiger partial charge < -0.3 is 15.0 Å². The molecule has 2 N–H and O–H groups in total. The summed E-state index contributed by atoms with van der Waals surface area (Å²) in [4.78, 5) is 11.5. The number of nitrogens with one attached hydrogen (secondary N) is 2. The van der Waals surface area contributed by atoms with Crippen molar-refractivity contribution in [3.05, 3.63) is 36.5 Å². The van der Waals surface area contributed by atoms with Gasteiger partial charge in [0, 0.05) is 31.6 Å². The molecule has 0 aromatic carbocycles. The Bertz CT molecular complexity index is 442. The number of pyridine rings is 1. The van der Waals surface area contributed by atoms with Crippen molar-refractivity contribution in [1.29, 1.82) is 0 Å². The SMILES string of the molecule is CCOc1cccnc1NCCc1ncc[nH]1. The highest BCUT2D eigenvalue weighted by Gasteiger charge is 2.03. The lowest BCUT2D eigenvalue weighted by atomic mass is 10.3. The fraction of sp³-hybridized carbons (Fsp3) is 0.333. The van der Waals surface area contributed by atoms with Gasteiger partial charge in [-0.05, 0) is 19.1 Å². The van der Waals surface area contributed by atoms with Crippen molar-refractivity contribution in [2.45, 2.75) is 13.3 Å². The van der Waals surface area contributed by atoms with E-state index < -0.39 is 0 Å². The summed E-state index contributed by atoms with van der Waals surface area (Å²) in [5, 5.41) is 3.24. The number of aromatic nitrogens is 3. The molecule has 0 saturated heterocycles. The standard InChI is InChI=1S/C12H16N4O/c1-2-17-10-4-3-6-15-12(10)16-7-5-11-13-8-9-14-11/h3-4,6,8-9H,2,5,7H2,1H3,(H,13,14)(H,15,16). The van der Waals surface area contributed by atoms with E-state index in [0.29, 0.717) is 6.61 Å². The van der Waals surface area contributed by atoms with Gasteiger partial charge in [0.1, 0.15) is 5.82 Å². The number of rotatable bonds is 6. The number of imidazole rings is 1. The average molecular weight is 232 g/mol. The third kappa shape index (κ3) is 3.21. The molecule has 5 nitrogen and oxygen atoms in total. The first-order valence-electron chi connectivity index (χ1n) is 5.70. The zero-order valence-corrected chi connectivity index (χ0v) is 9.81. The topological polar surface area (TPSA) is 62.8 Å². The molecule has 0 spiro atoms. The van der Waals surface area contributed by atoms with Crippen molar-refractivity contribution in [3.63, 3.8) is 0 Å². The Morgan fingerprint density at radius 1 is 1.35 bits per heavy atom. The Kier molecular flexibility index (Phi) is 3.96. The van der Waals surface area contributed by atoms with Gasteiger partial charge in [0.05, 0.1) is 6.61 Å². The van der Waals surface area contributed by atoms with Gasteiger partial charge in [-0.25, -0.2) is 9.97 Å². The van der Waals surface area contributed by atoms with Gasteiger partial charge >= 0.3 is 0 Å². The summed E-state index contributed by atoms with van der Waals surface area (Å²) in [6, 6.07) is 3.77. The van der Waals surface area contributed by atoms with Crippen molar-refractivity contribution in [3.8, 4) is 5.75 Å². The van der Waals surface area contributed by atoms with Crippen LogP contribution in [-0.4, -0.2) is 28.1 Å². The zero-order valence-electron chi connectivity index (χ0n) is 9.81. The van der Waals surface area contributed by atoms with Crippen LogP contribution in [0.15, 0.2) is 30.7 Å². The lowest BCUT2D eigenvalue weighted by Gasteiger charge is -2.10. The molecule has 2 aromatic rings. The predicted octanol–water partition coefficient (Wildman–Crippen LogP) is 1.86. The summed E-state index contributed by atoms with van der Waals surface area (Å²) >= 11 is 0. The summed E-state index contributed by atoms with van der Waals surface area (Å²) in [6.45, 7) is 3.36. The summed E-state index contributed by atoms with van der Waals surface area (Å²) in [6.07, 6.45) is 6.15. The molecule has 0 radical (unpaired) electrons. The van der Waals surface area contributed by atoms with Gasteiger partial charge in [-0.3, -0.25) is 0 Å². The molecule has 0 amide bonds. The van der Waals surface area contributed by atoms with Crippen molar-refractivity contribution in [2.75, 3.05) is 18.5 Å². The Labute approximate surface area is 100 Å². The molecule has 2 aromatic heterocycles. The molecule has 0 bridgehead atoms. The van der Waals surface area contributed by atoms with Crippen LogP contribution in [0.2, 0.25) is 0 Å². The van der Waals surface area contributed by atoms with Crippen molar-refractivity contribution in [1.82, 2.24) is 15.0 Å². The van der Waals surface area contributed by atoms with E-state index in [1.807, 2.05) is 25.3 Å². The first-order valence-corrected chi connectivity index (χ1v) is 5.70. The van der Waals surface area contributed by atoms with Crippen LogP contribution in [0.4, 0.5) is 5.82 Å². The number of nitrogens with zero attached hydrogens (tertiary/aromatic N) is 2. The van der Waals surface area contributed by atoms with Gasteiger partial charge in [-0.2, -0.15) is 0 Å². The van der Waals surface area contributed by atoms with E-state index in [1.54, 1.807) is 12.4 Å². The number of hydrogen-bond donors (Lipinski definition) is 2. The molecular weight excluding hydrogens is 216 g/mol. The van der Waals surface area contributed by atoms with Crippen LogP contribution in [0.5, 0.6) is 5.75 Å². The number of H-pyrrole nitrogens is 1. The van der Waals surface area contributed by atoms with Crippen LogP contribution in [0.25, 0.3) is 0 Å². The molecule has 0 aliphatic carbocycles. The summed E-state index contributed by atoms with van der Waals surface area (Å²) in [5.74, 6) is 2.53. The fourth-order valence-electron chi connectivity index (χ4n) is 1.53. The highest BCUT2D eigenvalue weighted by Crippen LogP contribution is 2.20. The summed E-state index contributed by atoms with van der Waals surface area (Å²) < 4.78 is 5.48. The molecule has 0 aliphatic heterocycles. The predicted molar refractivity (Wildman–Crippen MR) is 66.2 cm³/mol. The number of anilines is 1. The van der Waals surface area contributed by atoms with Crippen molar-refractivity contribution in [2.24, 2.45) is 0 Å². The highest BCUT2D eigenvalue weighted by molar-refractivity contribution is 5.49. The van der Waals surface area contributed by atoms with Crippen LogP contribution in [0.1, 0.15) is 12.7 Å². The maximum atomic E-state index is 5.48. The molecule has 2 heterocycles. The Hall–Kier alpha value is -2.04. The van der Waals surface area contributed by atoms with E-state index in [0.717, 1.165) is 30.4 Å². The zero-order chi connectivity index (χ0) is 11.9. The molecular formula is C12H16N4O. The minimum atomic E-state index is 0.637. The molecule has 0 atom stereocenters. The monoisotopic (exact) mass is 232 g/mol. The van der Waals surface area contributed by atoms with Crippen LogP contribution in [0, 0.1) is 0 Å². The lowest BCUT2D eigenvalue weighted by molar-refractivity contribution is 0.340. The third-order valence-electron chi connectivity index (χ3n) is 2.28. The fourth-order valence-corrected chi connectivity index (χ4v) is 1.53. The summed E-state index contributed by atoms with van der Waals surface area (Å²) in [7, 11) is 0. The molecule has 0 fully saturated rings. The van der Waals surface area contributed by atoms with E-state index in [-0.39, 0.29) is 0 Å². The van der Waals surface area contributed by atoms with Gasteiger partial charge in [0.25, 0.3) is 0 Å². The smallest absolute Gasteiger partial charge is 0.168 e. The van der Waals surface area contributed by atoms with Crippen LogP contribution in [-0.2, 0) is 6.42 Å². The minimum absolute atomic E-state index is 0.637. The van der Waals surface area contributed by atoms with Crippen LogP contribution >= 0.6 is 0 Å². The van der Waals surface area contributed by atoms with Crippen molar-refractivity contribution < 1.29 is 4.74 Å². The molecule has 0 saturated carbocycles. The van der Waals surface area contributed by atoms with E-state index in [4.69, 9.17) is 4.74 Å². The second-order valence-electron chi connectivity index (χ2n) is 3.50. The molecule has 90 valence electrons. The quantitative estimate of drug-likeness (QED) is 0.798. The second kappa shape index (κ2) is 5.89. The van der Waals surface area contributed by atoms with Crippen LogP contribution < -0.4 is 10.1 Å². The Morgan fingerprint density at radius 3 is 3.06 bits per heavy atom. The molecule has 2 rings (SSSR count). The maximum Gasteiger partial charge on any atom is 0.168 e.